The SMILES string of the molecule is CSc1ccc(OP(=O)(Oc2ccc(SC)cc2)C(NC(=O)[C@@H]2CCCN2C(=O)[C@@H](C)NC(=O)OC(C)(C)C)C(C)C)cc1. The summed E-state index contributed by atoms with van der Waals surface area (Å²) in [6.45, 7) is 10.7. The first-order valence-electron chi connectivity index (χ1n) is 14.5. The molecule has 3 amide bonds. The lowest BCUT2D eigenvalue weighted by Crippen LogP contribution is -2.54. The summed E-state index contributed by atoms with van der Waals surface area (Å²) in [7, 11) is -4.09. The number of hydrogen-bond acceptors (Lipinski definition) is 9. The summed E-state index contributed by atoms with van der Waals surface area (Å²) >= 11 is 3.14. The van der Waals surface area contributed by atoms with Crippen LogP contribution in [-0.2, 0) is 18.9 Å². The third kappa shape index (κ3) is 9.84. The van der Waals surface area contributed by atoms with Gasteiger partial charge < -0.3 is 29.3 Å². The molecule has 2 N–H and O–H groups in total. The summed E-state index contributed by atoms with van der Waals surface area (Å²) in [5, 5.41) is 5.47. The van der Waals surface area contributed by atoms with Gasteiger partial charge in [0.15, 0.2) is 5.78 Å². The molecule has 13 heteroatoms. The van der Waals surface area contributed by atoms with Crippen molar-refractivity contribution in [2.24, 2.45) is 5.92 Å². The highest BCUT2D eigenvalue weighted by Crippen LogP contribution is 2.54. The maximum atomic E-state index is 14.7. The highest BCUT2D eigenvalue weighted by Gasteiger charge is 2.45. The highest BCUT2D eigenvalue weighted by atomic mass is 32.2. The van der Waals surface area contributed by atoms with E-state index in [1.165, 1.54) is 4.90 Å². The molecule has 1 aliphatic rings. The lowest BCUT2D eigenvalue weighted by Gasteiger charge is -2.33. The number of amides is 3. The van der Waals surface area contributed by atoms with Crippen LogP contribution in [0.25, 0.3) is 0 Å². The van der Waals surface area contributed by atoms with Crippen molar-refractivity contribution in [3.63, 3.8) is 0 Å². The second-order valence-corrected chi connectivity index (χ2v) is 15.6. The molecule has 1 heterocycles. The van der Waals surface area contributed by atoms with Gasteiger partial charge in [-0.3, -0.25) is 9.59 Å². The second kappa shape index (κ2) is 15.5. The zero-order valence-corrected chi connectivity index (χ0v) is 29.1. The summed E-state index contributed by atoms with van der Waals surface area (Å²) in [5.41, 5.74) is -0.721. The molecule has 1 aliphatic heterocycles. The Balaban J connectivity index is 1.85. The molecule has 0 aromatic heterocycles. The van der Waals surface area contributed by atoms with Crippen LogP contribution in [0.1, 0.15) is 54.4 Å². The third-order valence-electron chi connectivity index (χ3n) is 6.79. The molecule has 3 rings (SSSR count). The predicted molar refractivity (Wildman–Crippen MR) is 176 cm³/mol. The molecule has 1 fully saturated rings. The van der Waals surface area contributed by atoms with Crippen molar-refractivity contribution in [2.75, 3.05) is 19.1 Å². The fourth-order valence-electron chi connectivity index (χ4n) is 4.65. The Hall–Kier alpha value is -2.82. The quantitative estimate of drug-likeness (QED) is 0.187. The minimum atomic E-state index is -4.09. The van der Waals surface area contributed by atoms with Gasteiger partial charge in [0.25, 0.3) is 0 Å². The van der Waals surface area contributed by atoms with Crippen LogP contribution in [0.2, 0.25) is 0 Å². The minimum Gasteiger partial charge on any atom is -0.444 e. The molecule has 0 radical (unpaired) electrons. The predicted octanol–water partition coefficient (Wildman–Crippen LogP) is 6.78. The van der Waals surface area contributed by atoms with E-state index in [4.69, 9.17) is 13.8 Å². The van der Waals surface area contributed by atoms with Crippen LogP contribution in [0, 0.1) is 5.92 Å². The van der Waals surface area contributed by atoms with Gasteiger partial charge in [-0.1, -0.05) is 13.8 Å². The molecule has 0 spiro atoms. The Bertz CT molecular complexity index is 1280. The van der Waals surface area contributed by atoms with Crippen LogP contribution in [0.15, 0.2) is 58.3 Å². The number of carbonyl (C=O) groups excluding carboxylic acids is 3. The molecule has 10 nitrogen and oxygen atoms in total. The Morgan fingerprint density at radius 3 is 1.82 bits per heavy atom. The maximum Gasteiger partial charge on any atom is 0.453 e. The molecule has 1 saturated heterocycles. The number of ether oxygens (including phenoxy) is 1. The van der Waals surface area contributed by atoms with Gasteiger partial charge in [0, 0.05) is 16.3 Å². The fourth-order valence-corrected chi connectivity index (χ4v) is 7.58. The largest absolute Gasteiger partial charge is 0.453 e. The monoisotopic (exact) mass is 665 g/mol. The zero-order valence-electron chi connectivity index (χ0n) is 26.6. The summed E-state index contributed by atoms with van der Waals surface area (Å²) < 4.78 is 32.2. The van der Waals surface area contributed by atoms with Crippen LogP contribution < -0.4 is 19.7 Å². The normalized spacial score (nSPS) is 16.7. The first kappa shape index (κ1) is 35.7. The van der Waals surface area contributed by atoms with Crippen LogP contribution >= 0.6 is 31.1 Å². The van der Waals surface area contributed by atoms with Crippen molar-refractivity contribution >= 4 is 49.0 Å². The molecule has 3 atom stereocenters. The lowest BCUT2D eigenvalue weighted by atomic mass is 10.1. The van der Waals surface area contributed by atoms with E-state index < -0.39 is 49.0 Å². The number of benzene rings is 2. The van der Waals surface area contributed by atoms with E-state index in [2.05, 4.69) is 10.6 Å². The number of alkyl carbamates (subject to hydrolysis) is 1. The van der Waals surface area contributed by atoms with Gasteiger partial charge in [0.05, 0.1) is 0 Å². The second-order valence-electron chi connectivity index (χ2n) is 11.8. The standard InChI is InChI=1S/C31H44N3O7PS2/c1-20(2)28(33-27(35)26-10-9-19-34(26)29(36)21(3)32-30(37)39-31(4,5)6)42(38,40-22-11-15-24(43-7)16-12-22)41-23-13-17-25(44-8)18-14-23/h11-18,20-21,26,28H,9-10,19H2,1-8H3,(H,32,37)(H,33,35)/t21-,26+,28?/m1/s1. The van der Waals surface area contributed by atoms with E-state index in [0.717, 1.165) is 9.79 Å². The van der Waals surface area contributed by atoms with Crippen molar-refractivity contribution in [1.82, 2.24) is 15.5 Å². The van der Waals surface area contributed by atoms with E-state index >= 15 is 0 Å². The average molecular weight is 666 g/mol. The van der Waals surface area contributed by atoms with Crippen LogP contribution in [0.3, 0.4) is 0 Å². The number of hydrogen-bond donors (Lipinski definition) is 2. The summed E-state index contributed by atoms with van der Waals surface area (Å²) in [5.74, 6) is -1.60. The molecule has 44 heavy (non-hydrogen) atoms. The van der Waals surface area contributed by atoms with Crippen molar-refractivity contribution in [1.29, 1.82) is 0 Å². The van der Waals surface area contributed by atoms with Gasteiger partial charge in [0.1, 0.15) is 29.2 Å². The van der Waals surface area contributed by atoms with E-state index in [-0.39, 0.29) is 5.92 Å². The van der Waals surface area contributed by atoms with Crippen molar-refractivity contribution < 1.29 is 32.7 Å². The summed E-state index contributed by atoms with van der Waals surface area (Å²) in [4.78, 5) is 42.8. The Morgan fingerprint density at radius 1 is 0.886 bits per heavy atom. The summed E-state index contributed by atoms with van der Waals surface area (Å²) in [6, 6.07) is 12.6. The van der Waals surface area contributed by atoms with Crippen molar-refractivity contribution in [2.45, 2.75) is 87.6 Å². The van der Waals surface area contributed by atoms with E-state index in [0.29, 0.717) is 30.9 Å². The van der Waals surface area contributed by atoms with Crippen LogP contribution in [0.5, 0.6) is 11.5 Å². The van der Waals surface area contributed by atoms with Gasteiger partial charge in [0.2, 0.25) is 11.8 Å². The molecule has 242 valence electrons. The van der Waals surface area contributed by atoms with Crippen LogP contribution in [-0.4, -0.2) is 65.3 Å². The Kier molecular flexibility index (Phi) is 12.5. The lowest BCUT2D eigenvalue weighted by molar-refractivity contribution is -0.139. The van der Waals surface area contributed by atoms with Crippen molar-refractivity contribution in [3.8, 4) is 11.5 Å². The first-order valence-corrected chi connectivity index (χ1v) is 18.6. The van der Waals surface area contributed by atoms with Crippen molar-refractivity contribution in [3.05, 3.63) is 48.5 Å². The molecule has 0 bridgehead atoms. The number of thioether (sulfide) groups is 2. The number of nitrogens with one attached hydrogen (secondary N) is 2. The molecule has 1 unspecified atom stereocenters. The summed E-state index contributed by atoms with van der Waals surface area (Å²) in [6.07, 6.45) is 4.21. The minimum absolute atomic E-state index is 0.339. The molecular weight excluding hydrogens is 621 g/mol. The van der Waals surface area contributed by atoms with E-state index in [9.17, 15) is 18.9 Å². The molecule has 2 aromatic rings. The smallest absolute Gasteiger partial charge is 0.444 e. The van der Waals surface area contributed by atoms with Gasteiger partial charge in [-0.25, -0.2) is 9.36 Å². The Labute approximate surface area is 269 Å². The topological polar surface area (TPSA) is 123 Å². The molecular formula is C31H44N3O7PS2. The number of likely N-dealkylation sites (tertiary alicyclic amines) is 1. The number of rotatable bonds is 12. The average Bonchev–Trinajstić information content (AvgIpc) is 3.45. The van der Waals surface area contributed by atoms with Gasteiger partial charge >= 0.3 is 13.7 Å². The molecule has 0 aliphatic carbocycles. The number of nitrogens with zero attached hydrogens (tertiary/aromatic N) is 1. The fraction of sp³-hybridized carbons (Fsp3) is 0.516. The molecule has 2 aromatic carbocycles. The van der Waals surface area contributed by atoms with Gasteiger partial charge in [-0.15, -0.1) is 23.5 Å². The third-order valence-corrected chi connectivity index (χ3v) is 10.6. The maximum absolute atomic E-state index is 14.7. The Morgan fingerprint density at radius 2 is 1.39 bits per heavy atom. The zero-order chi connectivity index (χ0) is 32.7. The van der Waals surface area contributed by atoms with E-state index in [1.807, 2.05) is 50.6 Å². The highest BCUT2D eigenvalue weighted by molar-refractivity contribution is 7.98. The van der Waals surface area contributed by atoms with Gasteiger partial charge in [-0.2, -0.15) is 0 Å². The first-order chi connectivity index (χ1) is 20.7. The van der Waals surface area contributed by atoms with Gasteiger partial charge in [-0.05, 0) is 107 Å². The number of carbonyl (C=O) groups is 3. The molecule has 0 saturated carbocycles. The van der Waals surface area contributed by atoms with E-state index in [1.54, 1.807) is 75.5 Å². The van der Waals surface area contributed by atoms with Crippen LogP contribution in [0.4, 0.5) is 4.79 Å².